The van der Waals surface area contributed by atoms with Crippen LogP contribution >= 0.6 is 0 Å². The number of hydrogen-bond acceptors (Lipinski definition) is 5. The first-order valence-corrected chi connectivity index (χ1v) is 10.1. The molecule has 2 saturated heterocycles. The molecule has 0 spiro atoms. The zero-order valence-corrected chi connectivity index (χ0v) is 16.9. The van der Waals surface area contributed by atoms with Gasteiger partial charge in [0.25, 0.3) is 0 Å². The fraction of sp³-hybridized carbons (Fsp3) is 0.619. The zero-order chi connectivity index (χ0) is 20.1. The van der Waals surface area contributed by atoms with Crippen LogP contribution in [0.2, 0.25) is 0 Å². The molecule has 0 bridgehead atoms. The number of likely N-dealkylation sites (tertiary alicyclic amines) is 2. The maximum absolute atomic E-state index is 13.0. The Morgan fingerprint density at radius 3 is 2.71 bits per heavy atom. The average molecular weight is 389 g/mol. The van der Waals surface area contributed by atoms with Crippen LogP contribution in [0.5, 0.6) is 11.5 Å². The molecule has 0 saturated carbocycles. The third-order valence-corrected chi connectivity index (χ3v) is 5.86. The van der Waals surface area contributed by atoms with Gasteiger partial charge >= 0.3 is 0 Å². The maximum Gasteiger partial charge on any atom is 0.228 e. The van der Waals surface area contributed by atoms with E-state index in [9.17, 15) is 9.59 Å². The van der Waals surface area contributed by atoms with Crippen LogP contribution in [-0.2, 0) is 16.0 Å². The Balaban J connectivity index is 1.58. The van der Waals surface area contributed by atoms with Gasteiger partial charge in [-0.25, -0.2) is 0 Å². The molecule has 2 aliphatic heterocycles. The number of carbonyl (C=O) groups is 2. The van der Waals surface area contributed by atoms with E-state index in [0.717, 1.165) is 31.4 Å². The van der Waals surface area contributed by atoms with Crippen LogP contribution in [0.4, 0.5) is 0 Å². The molecule has 2 amide bonds. The van der Waals surface area contributed by atoms with E-state index in [1.807, 2.05) is 23.1 Å². The summed E-state index contributed by atoms with van der Waals surface area (Å²) in [6, 6.07) is 5.90. The summed E-state index contributed by atoms with van der Waals surface area (Å²) >= 11 is 0. The number of ether oxygens (including phenoxy) is 2. The molecule has 2 heterocycles. The van der Waals surface area contributed by atoms with Gasteiger partial charge in [0.15, 0.2) is 11.5 Å². The highest BCUT2D eigenvalue weighted by atomic mass is 16.5. The number of carbonyl (C=O) groups excluding carboxylic acids is 2. The fourth-order valence-electron chi connectivity index (χ4n) is 4.22. The second-order valence-corrected chi connectivity index (χ2v) is 7.60. The van der Waals surface area contributed by atoms with E-state index in [2.05, 4.69) is 0 Å². The first-order chi connectivity index (χ1) is 13.6. The summed E-state index contributed by atoms with van der Waals surface area (Å²) in [6.07, 6.45) is 4.12. The molecule has 2 atom stereocenters. The predicted octanol–water partition coefficient (Wildman–Crippen LogP) is 1.43. The van der Waals surface area contributed by atoms with E-state index < -0.39 is 0 Å². The number of piperidine rings is 1. The number of amides is 2. The van der Waals surface area contributed by atoms with E-state index >= 15 is 0 Å². The summed E-state index contributed by atoms with van der Waals surface area (Å²) in [5.74, 6) is 1.27. The molecule has 2 aliphatic rings. The molecule has 0 radical (unpaired) electrons. The van der Waals surface area contributed by atoms with Crippen molar-refractivity contribution in [2.45, 2.75) is 38.1 Å². The molecule has 3 rings (SSSR count). The monoisotopic (exact) mass is 389 g/mol. The van der Waals surface area contributed by atoms with Crippen LogP contribution in [0.3, 0.4) is 0 Å². The summed E-state index contributed by atoms with van der Waals surface area (Å²) in [5, 5.41) is 0. The molecule has 2 N–H and O–H groups in total. The molecule has 7 nitrogen and oxygen atoms in total. The third kappa shape index (κ3) is 4.41. The van der Waals surface area contributed by atoms with E-state index in [-0.39, 0.29) is 23.8 Å². The van der Waals surface area contributed by atoms with Gasteiger partial charge in [0.05, 0.1) is 20.1 Å². The summed E-state index contributed by atoms with van der Waals surface area (Å²) in [6.45, 7) is 2.35. The Kier molecular flexibility index (Phi) is 6.78. The summed E-state index contributed by atoms with van der Waals surface area (Å²) in [7, 11) is 3.21. The van der Waals surface area contributed by atoms with Crippen molar-refractivity contribution in [1.29, 1.82) is 0 Å². The lowest BCUT2D eigenvalue weighted by Gasteiger charge is -2.36. The molecule has 0 aromatic heterocycles. The number of methoxy groups -OCH3 is 2. The Bertz CT molecular complexity index is 709. The molecule has 154 valence electrons. The number of rotatable bonds is 7. The molecule has 1 aromatic carbocycles. The van der Waals surface area contributed by atoms with Gasteiger partial charge in [-0.15, -0.1) is 0 Å². The molecule has 7 heteroatoms. The summed E-state index contributed by atoms with van der Waals surface area (Å²) in [4.78, 5) is 29.1. The molecule has 0 aliphatic carbocycles. The molecular formula is C21H31N3O4. The van der Waals surface area contributed by atoms with Gasteiger partial charge in [0.1, 0.15) is 0 Å². The van der Waals surface area contributed by atoms with Crippen molar-refractivity contribution in [1.82, 2.24) is 9.80 Å². The molecular weight excluding hydrogens is 358 g/mol. The second kappa shape index (κ2) is 9.28. The van der Waals surface area contributed by atoms with Crippen molar-refractivity contribution < 1.29 is 19.1 Å². The maximum atomic E-state index is 13.0. The fourth-order valence-corrected chi connectivity index (χ4v) is 4.22. The van der Waals surface area contributed by atoms with Gasteiger partial charge in [0.2, 0.25) is 11.8 Å². The first-order valence-electron chi connectivity index (χ1n) is 10.1. The first kappa shape index (κ1) is 20.5. The van der Waals surface area contributed by atoms with Crippen molar-refractivity contribution in [3.63, 3.8) is 0 Å². The summed E-state index contributed by atoms with van der Waals surface area (Å²) < 4.78 is 10.6. The average Bonchev–Trinajstić information content (AvgIpc) is 3.11. The molecule has 28 heavy (non-hydrogen) atoms. The Labute approximate surface area is 166 Å². The quantitative estimate of drug-likeness (QED) is 0.763. The minimum absolute atomic E-state index is 0.0557. The van der Waals surface area contributed by atoms with Gasteiger partial charge in [-0.3, -0.25) is 9.59 Å². The van der Waals surface area contributed by atoms with Crippen molar-refractivity contribution in [3.05, 3.63) is 23.8 Å². The molecule has 2 unspecified atom stereocenters. The highest BCUT2D eigenvalue weighted by Crippen LogP contribution is 2.29. The lowest BCUT2D eigenvalue weighted by atomic mass is 9.98. The largest absolute Gasteiger partial charge is 0.493 e. The number of benzene rings is 1. The van der Waals surface area contributed by atoms with Gasteiger partial charge < -0.3 is 25.0 Å². The predicted molar refractivity (Wildman–Crippen MR) is 106 cm³/mol. The van der Waals surface area contributed by atoms with Gasteiger partial charge in [-0.2, -0.15) is 0 Å². The minimum atomic E-state index is -0.245. The van der Waals surface area contributed by atoms with Crippen molar-refractivity contribution in [2.75, 3.05) is 40.4 Å². The zero-order valence-electron chi connectivity index (χ0n) is 16.9. The Morgan fingerprint density at radius 1 is 1.21 bits per heavy atom. The van der Waals surface area contributed by atoms with Gasteiger partial charge in [-0.05, 0) is 43.4 Å². The SMILES string of the molecule is COc1ccc(CCN2CC(C(=O)N3CCCCC3CN)CC2=O)cc1OC. The van der Waals surface area contributed by atoms with Crippen molar-refractivity contribution >= 4 is 11.8 Å². The molecule has 1 aromatic rings. The smallest absolute Gasteiger partial charge is 0.228 e. The van der Waals surface area contributed by atoms with E-state index in [1.165, 1.54) is 0 Å². The number of nitrogens with zero attached hydrogens (tertiary/aromatic N) is 2. The van der Waals surface area contributed by atoms with Crippen LogP contribution in [0.1, 0.15) is 31.2 Å². The lowest BCUT2D eigenvalue weighted by Crippen LogP contribution is -2.50. The highest BCUT2D eigenvalue weighted by molar-refractivity contribution is 5.89. The van der Waals surface area contributed by atoms with E-state index in [4.69, 9.17) is 15.2 Å². The third-order valence-electron chi connectivity index (χ3n) is 5.86. The van der Waals surface area contributed by atoms with Crippen LogP contribution < -0.4 is 15.2 Å². The van der Waals surface area contributed by atoms with Gasteiger partial charge in [-0.1, -0.05) is 6.07 Å². The van der Waals surface area contributed by atoms with Crippen LogP contribution in [0.15, 0.2) is 18.2 Å². The second-order valence-electron chi connectivity index (χ2n) is 7.60. The number of nitrogens with two attached hydrogens (primary N) is 1. The van der Waals surface area contributed by atoms with Crippen LogP contribution in [0.25, 0.3) is 0 Å². The van der Waals surface area contributed by atoms with E-state index in [0.29, 0.717) is 44.0 Å². The van der Waals surface area contributed by atoms with Gasteiger partial charge in [0, 0.05) is 38.6 Å². The van der Waals surface area contributed by atoms with Crippen LogP contribution in [-0.4, -0.2) is 68.1 Å². The van der Waals surface area contributed by atoms with E-state index in [1.54, 1.807) is 19.1 Å². The van der Waals surface area contributed by atoms with Crippen molar-refractivity contribution in [3.8, 4) is 11.5 Å². The summed E-state index contributed by atoms with van der Waals surface area (Å²) in [5.41, 5.74) is 6.92. The topological polar surface area (TPSA) is 85.1 Å². The van der Waals surface area contributed by atoms with Crippen molar-refractivity contribution in [2.24, 2.45) is 11.7 Å². The highest BCUT2D eigenvalue weighted by Gasteiger charge is 2.38. The lowest BCUT2D eigenvalue weighted by molar-refractivity contribution is -0.139. The minimum Gasteiger partial charge on any atom is -0.493 e. The normalized spacial score (nSPS) is 22.5. The Morgan fingerprint density at radius 2 is 2.00 bits per heavy atom. The molecule has 2 fully saturated rings. The number of hydrogen-bond donors (Lipinski definition) is 1. The standard InChI is InChI=1S/C21H31N3O4/c1-27-18-7-6-15(11-19(18)28-2)8-10-23-14-16(12-20(23)25)21(26)24-9-4-3-5-17(24)13-22/h6-7,11,16-17H,3-5,8-10,12-14,22H2,1-2H3. The Hall–Kier alpha value is -2.28. The van der Waals surface area contributed by atoms with Crippen LogP contribution in [0, 0.1) is 5.92 Å².